The van der Waals surface area contributed by atoms with Crippen LogP contribution in [-0.4, -0.2) is 22.9 Å². The van der Waals surface area contributed by atoms with Crippen LogP contribution in [0.25, 0.3) is 5.69 Å². The first kappa shape index (κ1) is 19.5. The van der Waals surface area contributed by atoms with E-state index in [1.54, 1.807) is 30.3 Å². The zero-order chi connectivity index (χ0) is 20.4. The van der Waals surface area contributed by atoms with E-state index < -0.39 is 5.97 Å². The largest absolute Gasteiger partial charge is 0.454 e. The molecule has 4 nitrogen and oxygen atoms in total. The van der Waals surface area contributed by atoms with Crippen LogP contribution < -0.4 is 0 Å². The Bertz CT molecular complexity index is 1030. The number of aryl methyl sites for hydroxylation is 3. The molecule has 144 valence electrons. The number of rotatable bonds is 5. The molecule has 0 amide bonds. The lowest BCUT2D eigenvalue weighted by atomic mass is 10.1. The van der Waals surface area contributed by atoms with Crippen LogP contribution in [0.5, 0.6) is 0 Å². The average molecular weight is 379 g/mol. The molecule has 0 atom stereocenters. The van der Waals surface area contributed by atoms with Crippen LogP contribution in [0.2, 0.25) is 0 Å². The molecule has 3 rings (SSSR count). The monoisotopic (exact) mass is 379 g/mol. The minimum atomic E-state index is -0.521. The van der Waals surface area contributed by atoms with Gasteiger partial charge in [0.2, 0.25) is 5.78 Å². The van der Waals surface area contributed by atoms with Crippen molar-refractivity contribution in [2.75, 3.05) is 6.61 Å². The second kappa shape index (κ2) is 7.80. The maximum atomic E-state index is 13.2. The lowest BCUT2D eigenvalue weighted by Gasteiger charge is -2.10. The van der Waals surface area contributed by atoms with Gasteiger partial charge in [-0.2, -0.15) is 0 Å². The molecule has 0 radical (unpaired) electrons. The standard InChI is InChI=1S/C23H22FNO3/c1-14-9-15(2)11-18(10-14)23(27)28-13-22(26)21-12-16(3)25(17(21)4)20-7-5-19(24)6-8-20/h5-12H,13H2,1-4H3. The predicted molar refractivity (Wildman–Crippen MR) is 106 cm³/mol. The SMILES string of the molecule is Cc1cc(C)cc(C(=O)OCC(=O)c2cc(C)n(-c3ccc(F)cc3)c2C)c1. The molecule has 0 spiro atoms. The summed E-state index contributed by atoms with van der Waals surface area (Å²) < 4.78 is 20.3. The number of nitrogens with zero attached hydrogens (tertiary/aromatic N) is 1. The van der Waals surface area contributed by atoms with Gasteiger partial charge in [0, 0.05) is 22.6 Å². The molecule has 2 aromatic carbocycles. The third kappa shape index (κ3) is 4.03. The van der Waals surface area contributed by atoms with Crippen molar-refractivity contribution in [1.82, 2.24) is 4.57 Å². The average Bonchev–Trinajstić information content (AvgIpc) is 2.94. The normalized spacial score (nSPS) is 10.8. The summed E-state index contributed by atoms with van der Waals surface area (Å²) in [5, 5.41) is 0. The van der Waals surface area contributed by atoms with Crippen molar-refractivity contribution in [3.8, 4) is 5.69 Å². The molecule has 28 heavy (non-hydrogen) atoms. The van der Waals surface area contributed by atoms with Crippen LogP contribution in [0.15, 0.2) is 48.5 Å². The quantitative estimate of drug-likeness (QED) is 0.468. The fourth-order valence-electron chi connectivity index (χ4n) is 3.42. The number of aromatic nitrogens is 1. The van der Waals surface area contributed by atoms with Gasteiger partial charge in [0.1, 0.15) is 5.82 Å². The molecule has 5 heteroatoms. The molecule has 0 N–H and O–H groups in total. The first-order valence-electron chi connectivity index (χ1n) is 9.00. The Morgan fingerprint density at radius 1 is 0.929 bits per heavy atom. The highest BCUT2D eigenvalue weighted by Crippen LogP contribution is 2.22. The van der Waals surface area contributed by atoms with Gasteiger partial charge in [0.25, 0.3) is 0 Å². The zero-order valence-corrected chi connectivity index (χ0v) is 16.4. The molecule has 1 heterocycles. The number of ether oxygens (including phenoxy) is 1. The van der Waals surface area contributed by atoms with Crippen LogP contribution in [-0.2, 0) is 4.74 Å². The van der Waals surface area contributed by atoms with E-state index in [0.717, 1.165) is 28.2 Å². The van der Waals surface area contributed by atoms with Gasteiger partial charge in [-0.3, -0.25) is 4.79 Å². The second-order valence-electron chi connectivity index (χ2n) is 6.97. The van der Waals surface area contributed by atoms with Crippen LogP contribution in [0.4, 0.5) is 4.39 Å². The minimum absolute atomic E-state index is 0.279. The third-order valence-electron chi connectivity index (χ3n) is 4.61. The first-order chi connectivity index (χ1) is 13.3. The van der Waals surface area contributed by atoms with Crippen LogP contribution in [0, 0.1) is 33.5 Å². The van der Waals surface area contributed by atoms with Crippen LogP contribution in [0.1, 0.15) is 43.2 Å². The maximum Gasteiger partial charge on any atom is 0.338 e. The number of hydrogen-bond donors (Lipinski definition) is 0. The first-order valence-corrected chi connectivity index (χ1v) is 9.00. The molecule has 0 aliphatic carbocycles. The molecule has 0 saturated carbocycles. The van der Waals surface area contributed by atoms with E-state index in [1.807, 2.05) is 38.3 Å². The summed E-state index contributed by atoms with van der Waals surface area (Å²) in [6.07, 6.45) is 0. The number of benzene rings is 2. The lowest BCUT2D eigenvalue weighted by molar-refractivity contribution is 0.0474. The highest BCUT2D eigenvalue weighted by Gasteiger charge is 2.19. The van der Waals surface area contributed by atoms with Crippen molar-refractivity contribution in [1.29, 1.82) is 0 Å². The number of ketones is 1. The Balaban J connectivity index is 1.77. The maximum absolute atomic E-state index is 13.2. The van der Waals surface area contributed by atoms with Crippen molar-refractivity contribution in [3.63, 3.8) is 0 Å². The van der Waals surface area contributed by atoms with Crippen molar-refractivity contribution in [2.45, 2.75) is 27.7 Å². The number of halogens is 1. The van der Waals surface area contributed by atoms with Crippen LogP contribution >= 0.6 is 0 Å². The van der Waals surface area contributed by atoms with E-state index in [-0.39, 0.29) is 18.2 Å². The van der Waals surface area contributed by atoms with Gasteiger partial charge in [-0.15, -0.1) is 0 Å². The third-order valence-corrected chi connectivity index (χ3v) is 4.61. The second-order valence-corrected chi connectivity index (χ2v) is 6.97. The van der Waals surface area contributed by atoms with Gasteiger partial charge in [-0.05, 0) is 70.2 Å². The predicted octanol–water partition coefficient (Wildman–Crippen LogP) is 4.89. The lowest BCUT2D eigenvalue weighted by Crippen LogP contribution is -2.15. The van der Waals surface area contributed by atoms with Crippen LogP contribution in [0.3, 0.4) is 0 Å². The fourth-order valence-corrected chi connectivity index (χ4v) is 3.42. The van der Waals surface area contributed by atoms with E-state index in [1.165, 1.54) is 12.1 Å². The van der Waals surface area contributed by atoms with E-state index in [4.69, 9.17) is 4.74 Å². The summed E-state index contributed by atoms with van der Waals surface area (Å²) in [5.74, 6) is -1.12. The molecule has 3 aromatic rings. The zero-order valence-electron chi connectivity index (χ0n) is 16.4. The van der Waals surface area contributed by atoms with E-state index in [0.29, 0.717) is 11.1 Å². The number of carbonyl (C=O) groups excluding carboxylic acids is 2. The molecule has 0 saturated heterocycles. The molecular weight excluding hydrogens is 357 g/mol. The topological polar surface area (TPSA) is 48.3 Å². The number of carbonyl (C=O) groups is 2. The number of hydrogen-bond acceptors (Lipinski definition) is 3. The van der Waals surface area contributed by atoms with Gasteiger partial charge in [0.05, 0.1) is 5.56 Å². The van der Waals surface area contributed by atoms with E-state index >= 15 is 0 Å². The highest BCUT2D eigenvalue weighted by molar-refractivity contribution is 6.00. The Morgan fingerprint density at radius 2 is 1.54 bits per heavy atom. The van der Waals surface area contributed by atoms with Gasteiger partial charge in [-0.1, -0.05) is 17.2 Å². The van der Waals surface area contributed by atoms with Gasteiger partial charge in [-0.25, -0.2) is 9.18 Å². The van der Waals surface area contributed by atoms with Crippen molar-refractivity contribution in [2.24, 2.45) is 0 Å². The number of Topliss-reactive ketones (excluding diaryl/α,β-unsaturated/α-hetero) is 1. The summed E-state index contributed by atoms with van der Waals surface area (Å²) >= 11 is 0. The molecule has 0 unspecified atom stereocenters. The molecule has 0 fully saturated rings. The molecule has 0 aliphatic heterocycles. The van der Waals surface area contributed by atoms with Gasteiger partial charge in [0.15, 0.2) is 6.61 Å². The Kier molecular flexibility index (Phi) is 5.45. The smallest absolute Gasteiger partial charge is 0.338 e. The van der Waals surface area contributed by atoms with Gasteiger partial charge >= 0.3 is 5.97 Å². The van der Waals surface area contributed by atoms with E-state index in [2.05, 4.69) is 0 Å². The summed E-state index contributed by atoms with van der Waals surface area (Å²) in [4.78, 5) is 24.9. The van der Waals surface area contributed by atoms with Crippen molar-refractivity contribution in [3.05, 3.63) is 88.0 Å². The Morgan fingerprint density at radius 3 is 2.14 bits per heavy atom. The van der Waals surface area contributed by atoms with E-state index in [9.17, 15) is 14.0 Å². The summed E-state index contributed by atoms with van der Waals surface area (Å²) in [7, 11) is 0. The summed E-state index contributed by atoms with van der Waals surface area (Å²) in [5.41, 5.74) is 5.16. The highest BCUT2D eigenvalue weighted by atomic mass is 19.1. The Hall–Kier alpha value is -3.21. The number of esters is 1. The molecule has 0 aliphatic rings. The van der Waals surface area contributed by atoms with Crippen molar-refractivity contribution < 1.29 is 18.7 Å². The summed E-state index contributed by atoms with van der Waals surface area (Å²) in [6, 6.07) is 13.3. The molecular formula is C23H22FNO3. The van der Waals surface area contributed by atoms with Crippen molar-refractivity contribution >= 4 is 11.8 Å². The summed E-state index contributed by atoms with van der Waals surface area (Å²) in [6.45, 7) is 7.15. The van der Waals surface area contributed by atoms with Gasteiger partial charge < -0.3 is 9.30 Å². The Labute approximate surface area is 163 Å². The fraction of sp³-hybridized carbons (Fsp3) is 0.217. The minimum Gasteiger partial charge on any atom is -0.454 e. The molecule has 0 bridgehead atoms. The molecule has 1 aromatic heterocycles.